The number of ether oxygens (including phenoxy) is 1. The Balaban J connectivity index is 1.36. The second-order valence-electron chi connectivity index (χ2n) is 6.95. The van der Waals surface area contributed by atoms with Crippen molar-refractivity contribution < 1.29 is 4.74 Å². The van der Waals surface area contributed by atoms with Crippen molar-refractivity contribution in [1.29, 1.82) is 0 Å². The molecule has 5 atom stereocenters. The monoisotopic (exact) mass is 255 g/mol. The Bertz CT molecular complexity index is 498. The molecule has 1 aliphatic heterocycles. The summed E-state index contributed by atoms with van der Waals surface area (Å²) in [4.78, 5) is 0. The molecule has 0 amide bonds. The average molecular weight is 255 g/mol. The van der Waals surface area contributed by atoms with Gasteiger partial charge in [-0.1, -0.05) is 24.3 Å². The molecule has 0 spiro atoms. The number of nitrogens with one attached hydrogen (secondary N) is 1. The van der Waals surface area contributed by atoms with Gasteiger partial charge in [0.1, 0.15) is 0 Å². The Hall–Kier alpha value is -0.860. The van der Waals surface area contributed by atoms with Gasteiger partial charge in [0.05, 0.1) is 19.3 Å². The van der Waals surface area contributed by atoms with Crippen LogP contribution in [0.15, 0.2) is 24.3 Å². The fraction of sp³-hybridized carbons (Fsp3) is 0.647. The van der Waals surface area contributed by atoms with Crippen LogP contribution < -0.4 is 5.32 Å². The molecule has 2 heteroatoms. The fourth-order valence-corrected chi connectivity index (χ4v) is 5.30. The van der Waals surface area contributed by atoms with Gasteiger partial charge in [0.2, 0.25) is 0 Å². The summed E-state index contributed by atoms with van der Waals surface area (Å²) in [6, 6.07) is 10.0. The molecule has 1 N–H and O–H groups in total. The zero-order valence-electron chi connectivity index (χ0n) is 11.2. The molecule has 4 aliphatic rings. The van der Waals surface area contributed by atoms with Crippen molar-refractivity contribution in [2.24, 2.45) is 23.7 Å². The van der Waals surface area contributed by atoms with E-state index < -0.39 is 0 Å². The lowest BCUT2D eigenvalue weighted by atomic mass is 9.98. The van der Waals surface area contributed by atoms with Gasteiger partial charge in [0, 0.05) is 6.04 Å². The molecule has 1 aromatic carbocycles. The van der Waals surface area contributed by atoms with Crippen molar-refractivity contribution in [2.45, 2.75) is 38.0 Å². The lowest BCUT2D eigenvalue weighted by Gasteiger charge is -2.27. The summed E-state index contributed by atoms with van der Waals surface area (Å²) >= 11 is 0. The van der Waals surface area contributed by atoms with Crippen LogP contribution in [0.3, 0.4) is 0 Å². The molecular formula is C17H21NO. The molecule has 1 aromatic rings. The lowest BCUT2D eigenvalue weighted by Crippen LogP contribution is -2.33. The molecule has 100 valence electrons. The molecular weight excluding hydrogens is 234 g/mol. The van der Waals surface area contributed by atoms with E-state index in [9.17, 15) is 0 Å². The minimum Gasteiger partial charge on any atom is -0.375 e. The first kappa shape index (κ1) is 10.9. The Morgan fingerprint density at radius 2 is 1.84 bits per heavy atom. The summed E-state index contributed by atoms with van der Waals surface area (Å²) < 4.78 is 5.77. The lowest BCUT2D eigenvalue weighted by molar-refractivity contribution is 0.0801. The minimum atomic E-state index is 0.431. The van der Waals surface area contributed by atoms with Gasteiger partial charge in [-0.15, -0.1) is 0 Å². The van der Waals surface area contributed by atoms with Gasteiger partial charge in [-0.25, -0.2) is 0 Å². The van der Waals surface area contributed by atoms with Crippen molar-refractivity contribution in [3.63, 3.8) is 0 Å². The van der Waals surface area contributed by atoms with E-state index in [1.807, 2.05) is 0 Å². The highest BCUT2D eigenvalue weighted by Gasteiger charge is 2.65. The van der Waals surface area contributed by atoms with Crippen molar-refractivity contribution >= 4 is 0 Å². The van der Waals surface area contributed by atoms with E-state index in [2.05, 4.69) is 29.6 Å². The van der Waals surface area contributed by atoms with Gasteiger partial charge in [-0.05, 0) is 54.1 Å². The first-order valence-electron chi connectivity index (χ1n) is 7.83. The summed E-state index contributed by atoms with van der Waals surface area (Å²) in [5.41, 5.74) is 2.85. The van der Waals surface area contributed by atoms with E-state index in [0.29, 0.717) is 6.04 Å². The van der Waals surface area contributed by atoms with E-state index in [-0.39, 0.29) is 0 Å². The van der Waals surface area contributed by atoms with Crippen LogP contribution in [0.1, 0.15) is 36.4 Å². The highest BCUT2D eigenvalue weighted by molar-refractivity contribution is 5.32. The van der Waals surface area contributed by atoms with Crippen molar-refractivity contribution in [3.05, 3.63) is 35.4 Å². The molecule has 1 heterocycles. The predicted octanol–water partition coefficient (Wildman–Crippen LogP) is 2.89. The molecule has 2 bridgehead atoms. The number of hydrogen-bond donors (Lipinski definition) is 1. The zero-order chi connectivity index (χ0) is 12.4. The van der Waals surface area contributed by atoms with Crippen molar-refractivity contribution in [3.8, 4) is 0 Å². The van der Waals surface area contributed by atoms with Crippen molar-refractivity contribution in [1.82, 2.24) is 5.32 Å². The van der Waals surface area contributed by atoms with Gasteiger partial charge in [-0.2, -0.15) is 0 Å². The molecule has 2 nitrogen and oxygen atoms in total. The zero-order valence-corrected chi connectivity index (χ0v) is 11.2. The second kappa shape index (κ2) is 3.83. The number of rotatable bonds is 2. The van der Waals surface area contributed by atoms with Crippen LogP contribution in [0.4, 0.5) is 0 Å². The standard InChI is InChI=1S/C17H21NO/c1-2-4-13-12(3-1)8-19-9-14(13)18-17-15-10-5-6-11(7-10)16(15)17/h1-4,10-11,14-18H,5-9H2. The third-order valence-electron chi connectivity index (χ3n) is 6.10. The number of hydrogen-bond acceptors (Lipinski definition) is 2. The topological polar surface area (TPSA) is 21.3 Å². The normalized spacial score (nSPS) is 45.9. The molecule has 0 radical (unpaired) electrons. The summed E-state index contributed by atoms with van der Waals surface area (Å²) in [5, 5.41) is 3.93. The van der Waals surface area contributed by atoms with Crippen LogP contribution in [-0.2, 0) is 11.3 Å². The average Bonchev–Trinajstić information content (AvgIpc) is 2.84. The van der Waals surface area contributed by atoms with Crippen LogP contribution in [-0.4, -0.2) is 12.6 Å². The molecule has 5 rings (SSSR count). The van der Waals surface area contributed by atoms with E-state index in [1.54, 1.807) is 0 Å². The van der Waals surface area contributed by atoms with E-state index in [4.69, 9.17) is 4.74 Å². The summed E-state index contributed by atoms with van der Waals surface area (Å²) in [5.74, 6) is 4.11. The van der Waals surface area contributed by atoms with Gasteiger partial charge in [0.25, 0.3) is 0 Å². The Morgan fingerprint density at radius 3 is 2.68 bits per heavy atom. The third kappa shape index (κ3) is 1.50. The molecule has 3 fully saturated rings. The Morgan fingerprint density at radius 1 is 1.05 bits per heavy atom. The van der Waals surface area contributed by atoms with Crippen LogP contribution in [0.25, 0.3) is 0 Å². The molecule has 0 aromatic heterocycles. The van der Waals surface area contributed by atoms with Gasteiger partial charge in [0.15, 0.2) is 0 Å². The van der Waals surface area contributed by atoms with E-state index in [0.717, 1.165) is 42.9 Å². The van der Waals surface area contributed by atoms with Crippen LogP contribution in [0, 0.1) is 23.7 Å². The molecule has 3 saturated carbocycles. The third-order valence-corrected chi connectivity index (χ3v) is 6.10. The summed E-state index contributed by atoms with van der Waals surface area (Å²) in [6.45, 7) is 1.64. The van der Waals surface area contributed by atoms with Gasteiger partial charge < -0.3 is 10.1 Å². The van der Waals surface area contributed by atoms with Crippen LogP contribution >= 0.6 is 0 Å². The van der Waals surface area contributed by atoms with Gasteiger partial charge >= 0.3 is 0 Å². The number of fused-ring (bicyclic) bond motifs is 6. The van der Waals surface area contributed by atoms with Crippen LogP contribution in [0.2, 0.25) is 0 Å². The van der Waals surface area contributed by atoms with Crippen molar-refractivity contribution in [2.75, 3.05) is 6.61 Å². The highest BCUT2D eigenvalue weighted by atomic mass is 16.5. The first-order valence-corrected chi connectivity index (χ1v) is 7.83. The largest absolute Gasteiger partial charge is 0.375 e. The molecule has 3 aliphatic carbocycles. The maximum atomic E-state index is 5.77. The maximum absolute atomic E-state index is 5.77. The van der Waals surface area contributed by atoms with Crippen LogP contribution in [0.5, 0.6) is 0 Å². The second-order valence-corrected chi connectivity index (χ2v) is 6.95. The fourth-order valence-electron chi connectivity index (χ4n) is 5.30. The smallest absolute Gasteiger partial charge is 0.0721 e. The SMILES string of the molecule is c1ccc2c(c1)COCC2NC1C2C3CCC(C3)C12. The minimum absolute atomic E-state index is 0.431. The Kier molecular flexibility index (Phi) is 2.19. The maximum Gasteiger partial charge on any atom is 0.0721 e. The first-order chi connectivity index (χ1) is 9.42. The molecule has 19 heavy (non-hydrogen) atoms. The quantitative estimate of drug-likeness (QED) is 0.877. The molecule has 5 unspecified atom stereocenters. The Labute approximate surface area is 114 Å². The summed E-state index contributed by atoms with van der Waals surface area (Å²) in [7, 11) is 0. The number of benzene rings is 1. The highest BCUT2D eigenvalue weighted by Crippen LogP contribution is 2.65. The molecule has 0 saturated heterocycles. The van der Waals surface area contributed by atoms with E-state index >= 15 is 0 Å². The van der Waals surface area contributed by atoms with Gasteiger partial charge in [-0.3, -0.25) is 0 Å². The predicted molar refractivity (Wildman–Crippen MR) is 73.6 cm³/mol. The summed E-state index contributed by atoms with van der Waals surface area (Å²) in [6.07, 6.45) is 4.54. The van der Waals surface area contributed by atoms with E-state index in [1.165, 1.54) is 30.4 Å².